The van der Waals surface area contributed by atoms with Gasteiger partial charge in [-0.15, -0.1) is 0 Å². The Morgan fingerprint density at radius 1 is 1.10 bits per heavy atom. The van der Waals surface area contributed by atoms with Crippen LogP contribution >= 0.6 is 23.2 Å². The zero-order chi connectivity index (χ0) is 30.4. The van der Waals surface area contributed by atoms with E-state index in [9.17, 15) is 31.2 Å². The van der Waals surface area contributed by atoms with Crippen LogP contribution in [0.1, 0.15) is 63.0 Å². The van der Waals surface area contributed by atoms with Crippen molar-refractivity contribution in [2.24, 2.45) is 0 Å². The zero-order valence-corrected chi connectivity index (χ0v) is 25.2. The standard InChI is InChI=1S/C28H34Cl2F3N3O4S/c1-3-25(27(38)34-22-9-4-5-10-22)35(18-19-13-14-21(29)17-24(19)30)26(37)12-7-15-36(41(2,39)40)23-11-6-8-20(16-23)28(31,32)33/h6,8,11,13-14,16-17,22,25H,3-5,7,9-10,12,15,18H2,1-2H3,(H,34,38)/t25-/m0/s1. The third-order valence-electron chi connectivity index (χ3n) is 7.06. The Morgan fingerprint density at radius 3 is 2.37 bits per heavy atom. The molecule has 0 heterocycles. The summed E-state index contributed by atoms with van der Waals surface area (Å²) in [5, 5.41) is 3.78. The molecule has 2 amide bonds. The molecule has 1 aliphatic carbocycles. The first-order valence-corrected chi connectivity index (χ1v) is 16.0. The average molecular weight is 637 g/mol. The summed E-state index contributed by atoms with van der Waals surface area (Å²) < 4.78 is 65.5. The van der Waals surface area contributed by atoms with Gasteiger partial charge in [0.25, 0.3) is 0 Å². The van der Waals surface area contributed by atoms with Crippen LogP contribution in [0, 0.1) is 0 Å². The van der Waals surface area contributed by atoms with Gasteiger partial charge in [-0.3, -0.25) is 13.9 Å². The predicted molar refractivity (Wildman–Crippen MR) is 154 cm³/mol. The van der Waals surface area contributed by atoms with E-state index in [0.29, 0.717) is 22.0 Å². The fourth-order valence-corrected chi connectivity index (χ4v) is 6.39. The number of hydrogen-bond donors (Lipinski definition) is 1. The molecule has 1 saturated carbocycles. The van der Waals surface area contributed by atoms with Gasteiger partial charge in [-0.1, -0.05) is 55.1 Å². The molecule has 0 spiro atoms. The van der Waals surface area contributed by atoms with Crippen molar-refractivity contribution in [1.82, 2.24) is 10.2 Å². The summed E-state index contributed by atoms with van der Waals surface area (Å²) in [6.45, 7) is 1.59. The number of sulfonamides is 1. The lowest BCUT2D eigenvalue weighted by molar-refractivity contribution is -0.141. The molecule has 0 saturated heterocycles. The first kappa shape index (κ1) is 33.0. The minimum Gasteiger partial charge on any atom is -0.352 e. The van der Waals surface area contributed by atoms with Crippen molar-refractivity contribution in [2.75, 3.05) is 17.1 Å². The third-order valence-corrected chi connectivity index (χ3v) is 8.84. The quantitative estimate of drug-likeness (QED) is 0.291. The second kappa shape index (κ2) is 14.1. The van der Waals surface area contributed by atoms with Crippen LogP contribution in [0.3, 0.4) is 0 Å². The van der Waals surface area contributed by atoms with E-state index in [2.05, 4.69) is 5.32 Å². The monoisotopic (exact) mass is 635 g/mol. The summed E-state index contributed by atoms with van der Waals surface area (Å²) in [5.41, 5.74) is -0.551. The molecule has 1 fully saturated rings. The van der Waals surface area contributed by atoms with Gasteiger partial charge in [0.2, 0.25) is 21.8 Å². The van der Waals surface area contributed by atoms with Crippen LogP contribution in [0.25, 0.3) is 0 Å². The van der Waals surface area contributed by atoms with Crippen LogP contribution in [0.5, 0.6) is 0 Å². The van der Waals surface area contributed by atoms with Gasteiger partial charge in [0.1, 0.15) is 6.04 Å². The van der Waals surface area contributed by atoms with Gasteiger partial charge < -0.3 is 10.2 Å². The largest absolute Gasteiger partial charge is 0.416 e. The zero-order valence-electron chi connectivity index (χ0n) is 22.9. The van der Waals surface area contributed by atoms with Crippen molar-refractivity contribution in [3.05, 3.63) is 63.6 Å². The minimum absolute atomic E-state index is 0.00762. The normalized spacial score (nSPS) is 15.0. The first-order valence-electron chi connectivity index (χ1n) is 13.4. The van der Waals surface area contributed by atoms with Gasteiger partial charge in [-0.05, 0) is 61.6 Å². The Balaban J connectivity index is 1.81. The Morgan fingerprint density at radius 2 is 1.78 bits per heavy atom. The number of carbonyl (C=O) groups is 2. The van der Waals surface area contributed by atoms with Crippen molar-refractivity contribution in [2.45, 2.75) is 76.7 Å². The lowest BCUT2D eigenvalue weighted by Crippen LogP contribution is -2.51. The highest BCUT2D eigenvalue weighted by Crippen LogP contribution is 2.32. The number of carbonyl (C=O) groups excluding carboxylic acids is 2. The van der Waals surface area contributed by atoms with E-state index < -0.39 is 33.7 Å². The summed E-state index contributed by atoms with van der Waals surface area (Å²) in [5.74, 6) is -0.693. The molecule has 0 aliphatic heterocycles. The molecule has 13 heteroatoms. The van der Waals surface area contributed by atoms with E-state index in [1.165, 1.54) is 11.0 Å². The Labute approximate surface area is 249 Å². The summed E-state index contributed by atoms with van der Waals surface area (Å²) in [7, 11) is -3.96. The number of anilines is 1. The number of hydrogen-bond acceptors (Lipinski definition) is 4. The van der Waals surface area contributed by atoms with Crippen LogP contribution in [0.15, 0.2) is 42.5 Å². The molecule has 226 valence electrons. The maximum absolute atomic E-state index is 13.6. The van der Waals surface area contributed by atoms with Crippen molar-refractivity contribution in [3.63, 3.8) is 0 Å². The maximum Gasteiger partial charge on any atom is 0.416 e. The average Bonchev–Trinajstić information content (AvgIpc) is 3.39. The molecule has 1 atom stereocenters. The van der Waals surface area contributed by atoms with E-state index in [1.54, 1.807) is 25.1 Å². The Kier molecular flexibility index (Phi) is 11.4. The second-order valence-electron chi connectivity index (χ2n) is 10.2. The van der Waals surface area contributed by atoms with Gasteiger partial charge in [-0.25, -0.2) is 8.42 Å². The highest BCUT2D eigenvalue weighted by atomic mass is 35.5. The first-order chi connectivity index (χ1) is 19.2. The fraction of sp³-hybridized carbons (Fsp3) is 0.500. The summed E-state index contributed by atoms with van der Waals surface area (Å²) in [6, 6.07) is 8.11. The molecule has 2 aromatic carbocycles. The van der Waals surface area contributed by atoms with Crippen LogP contribution < -0.4 is 9.62 Å². The smallest absolute Gasteiger partial charge is 0.352 e. The highest BCUT2D eigenvalue weighted by Gasteiger charge is 2.33. The number of nitrogens with one attached hydrogen (secondary N) is 1. The summed E-state index contributed by atoms with van der Waals surface area (Å²) in [4.78, 5) is 28.3. The minimum atomic E-state index is -4.65. The number of amides is 2. The number of halogens is 5. The van der Waals surface area contributed by atoms with Crippen LogP contribution in [0.4, 0.5) is 18.9 Å². The van der Waals surface area contributed by atoms with Crippen molar-refractivity contribution >= 4 is 50.7 Å². The molecular formula is C28H34Cl2F3N3O4S. The SMILES string of the molecule is CC[C@@H](C(=O)NC1CCCC1)N(Cc1ccc(Cl)cc1Cl)C(=O)CCCN(c1cccc(C(F)(F)F)c1)S(C)(=O)=O. The molecule has 7 nitrogen and oxygen atoms in total. The van der Waals surface area contributed by atoms with Crippen molar-refractivity contribution in [3.8, 4) is 0 Å². The van der Waals surface area contributed by atoms with Gasteiger partial charge >= 0.3 is 6.18 Å². The van der Waals surface area contributed by atoms with Crippen LogP contribution in [-0.2, 0) is 32.3 Å². The molecule has 3 rings (SSSR count). The number of rotatable bonds is 12. The lowest BCUT2D eigenvalue weighted by Gasteiger charge is -2.32. The molecule has 0 unspecified atom stereocenters. The highest BCUT2D eigenvalue weighted by molar-refractivity contribution is 7.92. The van der Waals surface area contributed by atoms with E-state index >= 15 is 0 Å². The molecule has 41 heavy (non-hydrogen) atoms. The number of nitrogens with zero attached hydrogens (tertiary/aromatic N) is 2. The molecule has 1 aliphatic rings. The molecule has 0 radical (unpaired) electrons. The maximum atomic E-state index is 13.6. The molecular weight excluding hydrogens is 602 g/mol. The van der Waals surface area contributed by atoms with Crippen LogP contribution in [-0.4, -0.2) is 50.0 Å². The Hall–Kier alpha value is -2.50. The number of alkyl halides is 3. The summed E-state index contributed by atoms with van der Waals surface area (Å²) >= 11 is 12.4. The second-order valence-corrected chi connectivity index (χ2v) is 12.9. The van der Waals surface area contributed by atoms with Gasteiger partial charge in [0.05, 0.1) is 17.5 Å². The van der Waals surface area contributed by atoms with E-state index in [0.717, 1.165) is 54.4 Å². The van der Waals surface area contributed by atoms with E-state index in [1.807, 2.05) is 0 Å². The predicted octanol–water partition coefficient (Wildman–Crippen LogP) is 6.42. The molecule has 1 N–H and O–H groups in total. The van der Waals surface area contributed by atoms with E-state index in [-0.39, 0.29) is 43.6 Å². The van der Waals surface area contributed by atoms with E-state index in [4.69, 9.17) is 23.2 Å². The molecule has 2 aromatic rings. The lowest BCUT2D eigenvalue weighted by atomic mass is 10.1. The Bertz CT molecular complexity index is 1340. The molecule has 0 aromatic heterocycles. The number of benzene rings is 2. The van der Waals surface area contributed by atoms with Crippen molar-refractivity contribution < 1.29 is 31.2 Å². The fourth-order valence-electron chi connectivity index (χ4n) is 4.96. The topological polar surface area (TPSA) is 86.8 Å². The van der Waals surface area contributed by atoms with Crippen molar-refractivity contribution in [1.29, 1.82) is 0 Å². The van der Waals surface area contributed by atoms with Gasteiger partial charge in [-0.2, -0.15) is 13.2 Å². The van der Waals surface area contributed by atoms with Gasteiger partial charge in [0, 0.05) is 35.6 Å². The molecule has 0 bridgehead atoms. The third kappa shape index (κ3) is 9.24. The van der Waals surface area contributed by atoms with Crippen LogP contribution in [0.2, 0.25) is 10.0 Å². The summed E-state index contributed by atoms with van der Waals surface area (Å²) in [6.07, 6.45) is 0.219. The van der Waals surface area contributed by atoms with Gasteiger partial charge in [0.15, 0.2) is 0 Å².